The van der Waals surface area contributed by atoms with Gasteiger partial charge in [0.25, 0.3) is 0 Å². The summed E-state index contributed by atoms with van der Waals surface area (Å²) in [5.74, 6) is 0. The lowest BCUT2D eigenvalue weighted by Crippen LogP contribution is -2.10. The minimum Gasteiger partial charge on any atom is -0.0616 e. The van der Waals surface area contributed by atoms with Gasteiger partial charge < -0.3 is 0 Å². The summed E-state index contributed by atoms with van der Waals surface area (Å²) in [4.78, 5) is 0. The topological polar surface area (TPSA) is 0 Å². The predicted octanol–water partition coefficient (Wildman–Crippen LogP) is 10.4. The first-order valence-electron chi connectivity index (χ1n) is 12.9. The molecule has 0 N–H and O–H groups in total. The normalized spacial score (nSPS) is 12.0. The summed E-state index contributed by atoms with van der Waals surface area (Å²) in [6.07, 6.45) is 0. The van der Waals surface area contributed by atoms with Crippen LogP contribution in [0.4, 0.5) is 0 Å². The lowest BCUT2D eigenvalue weighted by molar-refractivity contribution is 0.590. The van der Waals surface area contributed by atoms with Crippen LogP contribution in [-0.2, 0) is 5.41 Å². The molecule has 0 nitrogen and oxygen atoms in total. The molecule has 0 heteroatoms. The van der Waals surface area contributed by atoms with E-state index in [0.717, 1.165) is 0 Å². The standard InChI is InChI=1S/C36H32/c1-23-10-18-30-32(20-23)35(28-13-12-25-8-6-7-9-27(25)22-28)33-21-24(2)11-19-31(33)34(30)26-14-16-29(17-15-26)36(3,4)5/h6-22H,1-5H3. The van der Waals surface area contributed by atoms with Gasteiger partial charge in [0.1, 0.15) is 0 Å². The Morgan fingerprint density at radius 3 is 1.56 bits per heavy atom. The summed E-state index contributed by atoms with van der Waals surface area (Å²) in [7, 11) is 0. The Bertz CT molecular complexity index is 1700. The maximum absolute atomic E-state index is 2.37. The fourth-order valence-electron chi connectivity index (χ4n) is 5.56. The van der Waals surface area contributed by atoms with Crippen LogP contribution in [0.25, 0.3) is 54.6 Å². The molecule has 0 atom stereocenters. The zero-order chi connectivity index (χ0) is 25.0. The van der Waals surface area contributed by atoms with Gasteiger partial charge in [-0.2, -0.15) is 0 Å². The Balaban J connectivity index is 1.73. The van der Waals surface area contributed by atoms with E-state index in [-0.39, 0.29) is 5.41 Å². The number of rotatable bonds is 2. The third-order valence-corrected chi connectivity index (χ3v) is 7.51. The summed E-state index contributed by atoms with van der Waals surface area (Å²) in [6.45, 7) is 11.2. The second-order valence-electron chi connectivity index (χ2n) is 11.2. The highest BCUT2D eigenvalue weighted by molar-refractivity contribution is 6.22. The number of aryl methyl sites for hydroxylation is 2. The van der Waals surface area contributed by atoms with Crippen molar-refractivity contribution in [3.05, 3.63) is 120 Å². The van der Waals surface area contributed by atoms with E-state index in [2.05, 4.69) is 138 Å². The van der Waals surface area contributed by atoms with Crippen molar-refractivity contribution in [2.45, 2.75) is 40.0 Å². The summed E-state index contributed by atoms with van der Waals surface area (Å²) in [6, 6.07) is 38.6. The predicted molar refractivity (Wildman–Crippen MR) is 158 cm³/mol. The van der Waals surface area contributed by atoms with Crippen LogP contribution in [0.5, 0.6) is 0 Å². The van der Waals surface area contributed by atoms with E-state index in [1.807, 2.05) is 0 Å². The van der Waals surface area contributed by atoms with E-state index in [1.165, 1.54) is 71.3 Å². The van der Waals surface area contributed by atoms with E-state index in [0.29, 0.717) is 0 Å². The Hall–Kier alpha value is -3.90. The summed E-state index contributed by atoms with van der Waals surface area (Å²) in [5, 5.41) is 7.81. The third-order valence-electron chi connectivity index (χ3n) is 7.51. The average molecular weight is 465 g/mol. The van der Waals surface area contributed by atoms with Gasteiger partial charge in [0.05, 0.1) is 0 Å². The molecule has 0 amide bonds. The van der Waals surface area contributed by atoms with E-state index in [4.69, 9.17) is 0 Å². The third kappa shape index (κ3) is 3.78. The quantitative estimate of drug-likeness (QED) is 0.224. The van der Waals surface area contributed by atoms with Crippen LogP contribution >= 0.6 is 0 Å². The van der Waals surface area contributed by atoms with Crippen LogP contribution in [0.15, 0.2) is 103 Å². The van der Waals surface area contributed by atoms with Gasteiger partial charge in [-0.05, 0) is 85.5 Å². The summed E-state index contributed by atoms with van der Waals surface area (Å²) < 4.78 is 0. The highest BCUT2D eigenvalue weighted by Gasteiger charge is 2.19. The van der Waals surface area contributed by atoms with Crippen LogP contribution in [0.1, 0.15) is 37.5 Å². The summed E-state index contributed by atoms with van der Waals surface area (Å²) in [5.41, 5.74) is 9.26. The monoisotopic (exact) mass is 464 g/mol. The smallest absolute Gasteiger partial charge is 0.00260 e. The molecule has 0 fully saturated rings. The van der Waals surface area contributed by atoms with E-state index in [1.54, 1.807) is 0 Å². The van der Waals surface area contributed by atoms with Gasteiger partial charge in [-0.3, -0.25) is 0 Å². The van der Waals surface area contributed by atoms with E-state index < -0.39 is 0 Å². The molecule has 0 aromatic heterocycles. The molecule has 0 aliphatic heterocycles. The van der Waals surface area contributed by atoms with Gasteiger partial charge in [0.2, 0.25) is 0 Å². The molecule has 0 bridgehead atoms. The fraction of sp³-hybridized carbons (Fsp3) is 0.167. The molecule has 0 aliphatic carbocycles. The van der Waals surface area contributed by atoms with Crippen molar-refractivity contribution in [3.8, 4) is 22.3 Å². The Kier molecular flexibility index (Phi) is 5.23. The molecule has 0 unspecified atom stereocenters. The largest absolute Gasteiger partial charge is 0.0616 e. The minimum atomic E-state index is 0.136. The zero-order valence-electron chi connectivity index (χ0n) is 21.8. The molecule has 0 saturated heterocycles. The van der Waals surface area contributed by atoms with Gasteiger partial charge in [-0.1, -0.05) is 129 Å². The van der Waals surface area contributed by atoms with Crippen molar-refractivity contribution in [2.75, 3.05) is 0 Å². The highest BCUT2D eigenvalue weighted by atomic mass is 14.2. The van der Waals surface area contributed by atoms with Crippen LogP contribution in [0.3, 0.4) is 0 Å². The van der Waals surface area contributed by atoms with Gasteiger partial charge in [0.15, 0.2) is 0 Å². The first-order valence-corrected chi connectivity index (χ1v) is 12.9. The molecule has 0 radical (unpaired) electrons. The number of fused-ring (bicyclic) bond motifs is 3. The van der Waals surface area contributed by atoms with Crippen LogP contribution in [-0.4, -0.2) is 0 Å². The van der Waals surface area contributed by atoms with Gasteiger partial charge in [-0.25, -0.2) is 0 Å². The van der Waals surface area contributed by atoms with Gasteiger partial charge in [0, 0.05) is 0 Å². The van der Waals surface area contributed by atoms with Crippen LogP contribution in [0, 0.1) is 13.8 Å². The number of hydrogen-bond acceptors (Lipinski definition) is 0. The lowest BCUT2D eigenvalue weighted by Gasteiger charge is -2.21. The molecule has 6 aromatic carbocycles. The maximum atomic E-state index is 2.37. The second-order valence-corrected chi connectivity index (χ2v) is 11.2. The first kappa shape index (κ1) is 22.6. The SMILES string of the molecule is Cc1ccc2c(-c3ccc(C(C)(C)C)cc3)c3ccc(C)cc3c(-c3ccc4ccccc4c3)c2c1. The molecule has 6 aromatic rings. The van der Waals surface area contributed by atoms with Gasteiger partial charge in [-0.15, -0.1) is 0 Å². The molecule has 176 valence electrons. The highest BCUT2D eigenvalue weighted by Crippen LogP contribution is 2.45. The Morgan fingerprint density at radius 2 is 0.972 bits per heavy atom. The van der Waals surface area contributed by atoms with Gasteiger partial charge >= 0.3 is 0 Å². The zero-order valence-corrected chi connectivity index (χ0v) is 21.8. The fourth-order valence-corrected chi connectivity index (χ4v) is 5.56. The van der Waals surface area contributed by atoms with Crippen molar-refractivity contribution in [3.63, 3.8) is 0 Å². The van der Waals surface area contributed by atoms with E-state index >= 15 is 0 Å². The van der Waals surface area contributed by atoms with E-state index in [9.17, 15) is 0 Å². The van der Waals surface area contributed by atoms with Crippen molar-refractivity contribution < 1.29 is 0 Å². The molecule has 0 spiro atoms. The second kappa shape index (κ2) is 8.35. The number of benzene rings is 6. The Labute approximate surface area is 214 Å². The molecular formula is C36H32. The number of hydrogen-bond donors (Lipinski definition) is 0. The minimum absolute atomic E-state index is 0.136. The van der Waals surface area contributed by atoms with Crippen molar-refractivity contribution in [1.29, 1.82) is 0 Å². The van der Waals surface area contributed by atoms with Crippen molar-refractivity contribution in [1.82, 2.24) is 0 Å². The molecule has 36 heavy (non-hydrogen) atoms. The van der Waals surface area contributed by atoms with Crippen LogP contribution in [0.2, 0.25) is 0 Å². The summed E-state index contributed by atoms with van der Waals surface area (Å²) >= 11 is 0. The Morgan fingerprint density at radius 1 is 0.444 bits per heavy atom. The van der Waals surface area contributed by atoms with Crippen molar-refractivity contribution >= 4 is 32.3 Å². The molecule has 0 aliphatic rings. The maximum Gasteiger partial charge on any atom is -0.00260 e. The molecular weight excluding hydrogens is 432 g/mol. The molecule has 0 heterocycles. The lowest BCUT2D eigenvalue weighted by atomic mass is 9.83. The average Bonchev–Trinajstić information content (AvgIpc) is 2.86. The van der Waals surface area contributed by atoms with Crippen LogP contribution < -0.4 is 0 Å². The molecule has 0 saturated carbocycles. The van der Waals surface area contributed by atoms with Crippen molar-refractivity contribution in [2.24, 2.45) is 0 Å². The first-order chi connectivity index (χ1) is 17.3. The molecule has 6 rings (SSSR count).